The summed E-state index contributed by atoms with van der Waals surface area (Å²) in [5.41, 5.74) is -0.219. The molecule has 1 aliphatic carbocycles. The predicted molar refractivity (Wildman–Crippen MR) is 69.8 cm³/mol. The molecule has 7 heteroatoms. The Hall–Kier alpha value is -1.87. The molecule has 1 aliphatic rings. The summed E-state index contributed by atoms with van der Waals surface area (Å²) in [4.78, 5) is 22.8. The van der Waals surface area contributed by atoms with Crippen molar-refractivity contribution >= 4 is 22.8 Å². The average Bonchev–Trinajstić information content (AvgIpc) is 2.75. The fraction of sp³-hybridized carbons (Fsp3) is 0.500. The van der Waals surface area contributed by atoms with E-state index in [1.807, 2.05) is 0 Å². The number of hydrogen-bond donors (Lipinski definition) is 1. The number of halogens is 1. The molecule has 1 N–H and O–H groups in total. The molecule has 1 fully saturated rings. The van der Waals surface area contributed by atoms with Gasteiger partial charge in [-0.05, 0) is 24.4 Å². The van der Waals surface area contributed by atoms with Crippen LogP contribution in [-0.4, -0.2) is 19.5 Å². The molecular formula is C12H12ClN5O. The first-order valence-electron chi connectivity index (χ1n) is 6.21. The molecule has 0 saturated heterocycles. The van der Waals surface area contributed by atoms with E-state index in [9.17, 15) is 10.1 Å². The normalized spacial score (nSPS) is 18.3. The molecule has 3 rings (SSSR count). The number of nitriles is 1. The van der Waals surface area contributed by atoms with Gasteiger partial charge in [0, 0.05) is 0 Å². The Balaban J connectivity index is 2.29. The van der Waals surface area contributed by atoms with Gasteiger partial charge in [0.1, 0.15) is 11.1 Å². The minimum absolute atomic E-state index is 0.0733. The maximum absolute atomic E-state index is 12.2. The highest BCUT2D eigenvalue weighted by molar-refractivity contribution is 6.28. The lowest BCUT2D eigenvalue weighted by Gasteiger charge is -2.31. The number of aromatic amines is 1. The standard InChI is InChI=1S/C12H12ClN5O/c13-10-15-6-8-9(17-10)18(11(19)16-8)12(7-14)4-2-1-3-5-12/h6H,1-5H2,(H,16,19). The van der Waals surface area contributed by atoms with Crippen molar-refractivity contribution in [2.45, 2.75) is 37.6 Å². The zero-order valence-corrected chi connectivity index (χ0v) is 10.9. The molecule has 0 bridgehead atoms. The SMILES string of the molecule is N#CC1(n2c(=O)[nH]c3cnc(Cl)nc32)CCCCC1. The van der Waals surface area contributed by atoms with Crippen LogP contribution < -0.4 is 5.69 Å². The van der Waals surface area contributed by atoms with E-state index in [0.29, 0.717) is 24.0 Å². The van der Waals surface area contributed by atoms with Crippen LogP contribution in [0, 0.1) is 11.3 Å². The van der Waals surface area contributed by atoms with Crippen molar-refractivity contribution in [3.05, 3.63) is 22.0 Å². The molecule has 98 valence electrons. The molecular weight excluding hydrogens is 266 g/mol. The molecule has 19 heavy (non-hydrogen) atoms. The summed E-state index contributed by atoms with van der Waals surface area (Å²) >= 11 is 5.79. The van der Waals surface area contributed by atoms with Crippen LogP contribution in [0.1, 0.15) is 32.1 Å². The van der Waals surface area contributed by atoms with E-state index in [0.717, 1.165) is 19.3 Å². The molecule has 1 saturated carbocycles. The molecule has 0 radical (unpaired) electrons. The van der Waals surface area contributed by atoms with Crippen LogP contribution >= 0.6 is 11.6 Å². The summed E-state index contributed by atoms with van der Waals surface area (Å²) in [5.74, 6) is 0. The summed E-state index contributed by atoms with van der Waals surface area (Å²) < 4.78 is 1.45. The van der Waals surface area contributed by atoms with E-state index in [-0.39, 0.29) is 11.0 Å². The summed E-state index contributed by atoms with van der Waals surface area (Å²) in [6.07, 6.45) is 5.76. The second-order valence-corrected chi connectivity index (χ2v) is 5.18. The van der Waals surface area contributed by atoms with E-state index in [1.54, 1.807) is 0 Å². The maximum atomic E-state index is 12.2. The Morgan fingerprint density at radius 3 is 2.84 bits per heavy atom. The fourth-order valence-electron chi connectivity index (χ4n) is 2.80. The van der Waals surface area contributed by atoms with E-state index in [4.69, 9.17) is 11.6 Å². The Bertz CT molecular complexity index is 720. The van der Waals surface area contributed by atoms with Crippen LogP contribution in [-0.2, 0) is 5.54 Å². The van der Waals surface area contributed by atoms with Crippen molar-refractivity contribution < 1.29 is 0 Å². The Labute approximate surface area is 114 Å². The monoisotopic (exact) mass is 277 g/mol. The molecule has 0 spiro atoms. The van der Waals surface area contributed by atoms with Crippen LogP contribution in [0.5, 0.6) is 0 Å². The van der Waals surface area contributed by atoms with E-state index in [2.05, 4.69) is 21.0 Å². The number of fused-ring (bicyclic) bond motifs is 1. The third-order valence-corrected chi connectivity index (χ3v) is 3.89. The first kappa shape index (κ1) is 12.2. The van der Waals surface area contributed by atoms with Crippen LogP contribution in [0.25, 0.3) is 11.2 Å². The fourth-order valence-corrected chi connectivity index (χ4v) is 2.93. The van der Waals surface area contributed by atoms with Crippen LogP contribution in [0.15, 0.2) is 11.0 Å². The van der Waals surface area contributed by atoms with Gasteiger partial charge in [0.2, 0.25) is 5.28 Å². The lowest BCUT2D eigenvalue weighted by atomic mass is 9.82. The number of nitrogens with one attached hydrogen (secondary N) is 1. The van der Waals surface area contributed by atoms with Gasteiger partial charge in [-0.1, -0.05) is 19.3 Å². The second kappa shape index (κ2) is 4.35. The summed E-state index contributed by atoms with van der Waals surface area (Å²) in [5, 5.41) is 9.64. The smallest absolute Gasteiger partial charge is 0.303 e. The number of H-pyrrole nitrogens is 1. The zero-order chi connectivity index (χ0) is 13.5. The van der Waals surface area contributed by atoms with Crippen molar-refractivity contribution in [1.82, 2.24) is 19.5 Å². The maximum Gasteiger partial charge on any atom is 0.329 e. The quantitative estimate of drug-likeness (QED) is 0.807. The predicted octanol–water partition coefficient (Wildman–Crippen LogP) is 1.96. The van der Waals surface area contributed by atoms with Gasteiger partial charge in [0.05, 0.1) is 12.3 Å². The van der Waals surface area contributed by atoms with Gasteiger partial charge in [-0.2, -0.15) is 10.2 Å². The molecule has 0 atom stereocenters. The highest BCUT2D eigenvalue weighted by atomic mass is 35.5. The Kier molecular flexibility index (Phi) is 2.79. The van der Waals surface area contributed by atoms with Crippen molar-refractivity contribution in [2.75, 3.05) is 0 Å². The lowest BCUT2D eigenvalue weighted by Crippen LogP contribution is -2.40. The number of rotatable bonds is 1. The van der Waals surface area contributed by atoms with Gasteiger partial charge in [0.15, 0.2) is 5.65 Å². The zero-order valence-electron chi connectivity index (χ0n) is 10.2. The van der Waals surface area contributed by atoms with E-state index in [1.165, 1.54) is 10.8 Å². The Morgan fingerprint density at radius 2 is 2.16 bits per heavy atom. The molecule has 2 heterocycles. The summed E-state index contributed by atoms with van der Waals surface area (Å²) in [6.45, 7) is 0. The van der Waals surface area contributed by atoms with Gasteiger partial charge in [-0.25, -0.2) is 9.78 Å². The molecule has 2 aromatic heterocycles. The van der Waals surface area contributed by atoms with Crippen molar-refractivity contribution in [1.29, 1.82) is 5.26 Å². The van der Waals surface area contributed by atoms with E-state index >= 15 is 0 Å². The second-order valence-electron chi connectivity index (χ2n) is 4.85. The lowest BCUT2D eigenvalue weighted by molar-refractivity contribution is 0.266. The van der Waals surface area contributed by atoms with Gasteiger partial charge in [0.25, 0.3) is 0 Å². The highest BCUT2D eigenvalue weighted by Crippen LogP contribution is 2.34. The van der Waals surface area contributed by atoms with Gasteiger partial charge in [-0.15, -0.1) is 0 Å². The van der Waals surface area contributed by atoms with Crippen LogP contribution in [0.4, 0.5) is 0 Å². The average molecular weight is 278 g/mol. The number of nitrogens with zero attached hydrogens (tertiary/aromatic N) is 4. The molecule has 0 unspecified atom stereocenters. The number of aromatic nitrogens is 4. The Morgan fingerprint density at radius 1 is 1.42 bits per heavy atom. The van der Waals surface area contributed by atoms with Gasteiger partial charge < -0.3 is 4.98 Å². The van der Waals surface area contributed by atoms with Gasteiger partial charge in [-0.3, -0.25) is 4.57 Å². The third-order valence-electron chi connectivity index (χ3n) is 3.71. The number of hydrogen-bond acceptors (Lipinski definition) is 4. The molecule has 6 nitrogen and oxygen atoms in total. The molecule has 2 aromatic rings. The molecule has 0 aliphatic heterocycles. The highest BCUT2D eigenvalue weighted by Gasteiger charge is 2.37. The van der Waals surface area contributed by atoms with Crippen LogP contribution in [0.3, 0.4) is 0 Å². The third kappa shape index (κ3) is 1.81. The minimum atomic E-state index is -0.814. The first-order chi connectivity index (χ1) is 9.16. The van der Waals surface area contributed by atoms with E-state index < -0.39 is 5.54 Å². The number of imidazole rings is 1. The topological polar surface area (TPSA) is 87.4 Å². The van der Waals surface area contributed by atoms with Gasteiger partial charge >= 0.3 is 5.69 Å². The molecule has 0 aromatic carbocycles. The first-order valence-corrected chi connectivity index (χ1v) is 6.59. The van der Waals surface area contributed by atoms with Crippen molar-refractivity contribution in [3.63, 3.8) is 0 Å². The van der Waals surface area contributed by atoms with Crippen molar-refractivity contribution in [3.8, 4) is 6.07 Å². The van der Waals surface area contributed by atoms with Crippen molar-refractivity contribution in [2.24, 2.45) is 0 Å². The molecule has 0 amide bonds. The largest absolute Gasteiger partial charge is 0.329 e. The summed E-state index contributed by atoms with van der Waals surface area (Å²) in [7, 11) is 0. The minimum Gasteiger partial charge on any atom is -0.303 e. The summed E-state index contributed by atoms with van der Waals surface area (Å²) in [6, 6.07) is 2.31. The van der Waals surface area contributed by atoms with Crippen LogP contribution in [0.2, 0.25) is 5.28 Å².